The molecule has 1 fully saturated rings. The van der Waals surface area contributed by atoms with E-state index in [9.17, 15) is 4.39 Å². The molecule has 0 saturated carbocycles. The average Bonchev–Trinajstić information content (AvgIpc) is 3.19. The van der Waals surface area contributed by atoms with Crippen molar-refractivity contribution >= 4 is 17.0 Å². The van der Waals surface area contributed by atoms with E-state index in [-0.39, 0.29) is 5.82 Å². The molecule has 1 aliphatic rings. The Balaban J connectivity index is 1.40. The zero-order chi connectivity index (χ0) is 19.8. The lowest BCUT2D eigenvalue weighted by Crippen LogP contribution is -2.47. The molecule has 0 spiro atoms. The molecule has 0 radical (unpaired) electrons. The third-order valence-electron chi connectivity index (χ3n) is 5.46. The molecule has 6 heteroatoms. The molecule has 0 N–H and O–H groups in total. The van der Waals surface area contributed by atoms with Crippen LogP contribution in [0.25, 0.3) is 16.8 Å². The predicted molar refractivity (Wildman–Crippen MR) is 114 cm³/mol. The van der Waals surface area contributed by atoms with Gasteiger partial charge in [0.05, 0.1) is 5.69 Å². The zero-order valence-electron chi connectivity index (χ0n) is 16.3. The van der Waals surface area contributed by atoms with Gasteiger partial charge in [-0.25, -0.2) is 13.9 Å². The normalized spacial score (nSPS) is 14.6. The molecule has 5 nitrogen and oxygen atoms in total. The van der Waals surface area contributed by atoms with E-state index in [1.807, 2.05) is 16.8 Å². The summed E-state index contributed by atoms with van der Waals surface area (Å²) in [7, 11) is 0. The molecule has 0 unspecified atom stereocenters. The summed E-state index contributed by atoms with van der Waals surface area (Å²) in [6.07, 6.45) is 3.64. The summed E-state index contributed by atoms with van der Waals surface area (Å²) in [5, 5.41) is 4.66. The second kappa shape index (κ2) is 7.20. The van der Waals surface area contributed by atoms with Crippen LogP contribution in [0.2, 0.25) is 0 Å². The molecule has 4 aromatic rings. The smallest absolute Gasteiger partial charge is 0.154 e. The summed E-state index contributed by atoms with van der Waals surface area (Å²) in [5.41, 5.74) is 5.24. The van der Waals surface area contributed by atoms with Crippen molar-refractivity contribution in [2.24, 2.45) is 0 Å². The van der Waals surface area contributed by atoms with E-state index >= 15 is 0 Å². The fourth-order valence-electron chi connectivity index (χ4n) is 3.91. The number of piperazine rings is 1. The van der Waals surface area contributed by atoms with Crippen molar-refractivity contribution < 1.29 is 4.39 Å². The van der Waals surface area contributed by atoms with Crippen LogP contribution in [-0.4, -0.2) is 40.8 Å². The van der Waals surface area contributed by atoms with E-state index in [1.165, 1.54) is 23.4 Å². The molecule has 1 aliphatic heterocycles. The van der Waals surface area contributed by atoms with Crippen molar-refractivity contribution in [1.82, 2.24) is 14.6 Å². The van der Waals surface area contributed by atoms with Gasteiger partial charge in [0.15, 0.2) is 5.82 Å². The molecule has 0 amide bonds. The maximum absolute atomic E-state index is 13.2. The van der Waals surface area contributed by atoms with Gasteiger partial charge in [-0.2, -0.15) is 5.10 Å². The zero-order valence-corrected chi connectivity index (χ0v) is 16.3. The van der Waals surface area contributed by atoms with E-state index in [4.69, 9.17) is 0 Å². The number of hydrogen-bond acceptors (Lipinski definition) is 4. The van der Waals surface area contributed by atoms with Crippen LogP contribution in [0.1, 0.15) is 5.56 Å². The van der Waals surface area contributed by atoms with Gasteiger partial charge in [-0.15, -0.1) is 0 Å². The largest absolute Gasteiger partial charge is 0.368 e. The van der Waals surface area contributed by atoms with Gasteiger partial charge in [0, 0.05) is 49.8 Å². The van der Waals surface area contributed by atoms with Crippen LogP contribution >= 0.6 is 0 Å². The highest BCUT2D eigenvalue weighted by Crippen LogP contribution is 2.27. The van der Waals surface area contributed by atoms with E-state index in [1.54, 1.807) is 18.3 Å². The lowest BCUT2D eigenvalue weighted by Gasteiger charge is -2.37. The highest BCUT2D eigenvalue weighted by Gasteiger charge is 2.21. The van der Waals surface area contributed by atoms with Crippen LogP contribution in [0.15, 0.2) is 67.0 Å². The lowest BCUT2D eigenvalue weighted by molar-refractivity contribution is 0.628. The molecule has 29 heavy (non-hydrogen) atoms. The Hall–Kier alpha value is -3.41. The van der Waals surface area contributed by atoms with Crippen LogP contribution in [-0.2, 0) is 0 Å². The molecule has 0 atom stereocenters. The molecule has 3 heterocycles. The number of rotatable bonds is 3. The van der Waals surface area contributed by atoms with Gasteiger partial charge in [0.1, 0.15) is 11.3 Å². The van der Waals surface area contributed by atoms with Crippen LogP contribution in [0.4, 0.5) is 15.9 Å². The van der Waals surface area contributed by atoms with Crippen LogP contribution in [0.3, 0.4) is 0 Å². The quantitative estimate of drug-likeness (QED) is 0.529. The Morgan fingerprint density at radius 2 is 1.66 bits per heavy atom. The van der Waals surface area contributed by atoms with E-state index in [0.717, 1.165) is 48.8 Å². The van der Waals surface area contributed by atoms with Crippen molar-refractivity contribution in [1.29, 1.82) is 0 Å². The van der Waals surface area contributed by atoms with Crippen molar-refractivity contribution in [2.75, 3.05) is 36.0 Å². The van der Waals surface area contributed by atoms with Crippen LogP contribution in [0, 0.1) is 12.7 Å². The molecular weight excluding hydrogens is 365 g/mol. The van der Waals surface area contributed by atoms with E-state index < -0.39 is 0 Å². The van der Waals surface area contributed by atoms with Gasteiger partial charge in [0.25, 0.3) is 0 Å². The first-order chi connectivity index (χ1) is 14.2. The first kappa shape index (κ1) is 17.7. The molecule has 1 saturated heterocycles. The summed E-state index contributed by atoms with van der Waals surface area (Å²) < 4.78 is 15.1. The molecule has 146 valence electrons. The first-order valence-corrected chi connectivity index (χ1v) is 9.84. The average molecular weight is 387 g/mol. The SMILES string of the molecule is Cc1cccc(N2CCN(c3nccn4nc(-c5ccc(F)cc5)cc34)CC2)c1. The molecular formula is C23H22FN5. The standard InChI is InChI=1S/C23H22FN5/c1-17-3-2-4-20(15-17)27-11-13-28(14-12-27)23-22-16-21(26-29(22)10-9-25-23)18-5-7-19(24)8-6-18/h2-10,15-16H,11-14H2,1H3. The van der Waals surface area contributed by atoms with Gasteiger partial charge in [0.2, 0.25) is 0 Å². The predicted octanol–water partition coefficient (Wildman–Crippen LogP) is 4.17. The number of benzene rings is 2. The number of aromatic nitrogens is 3. The van der Waals surface area contributed by atoms with Crippen molar-refractivity contribution in [2.45, 2.75) is 6.92 Å². The minimum atomic E-state index is -0.244. The molecule has 2 aromatic heterocycles. The summed E-state index contributed by atoms with van der Waals surface area (Å²) >= 11 is 0. The van der Waals surface area contributed by atoms with Crippen molar-refractivity contribution in [3.63, 3.8) is 0 Å². The molecule has 0 bridgehead atoms. The summed E-state index contributed by atoms with van der Waals surface area (Å²) in [4.78, 5) is 9.39. The van der Waals surface area contributed by atoms with Crippen LogP contribution in [0.5, 0.6) is 0 Å². The Morgan fingerprint density at radius 3 is 2.41 bits per heavy atom. The third-order valence-corrected chi connectivity index (χ3v) is 5.46. The van der Waals surface area contributed by atoms with Gasteiger partial charge < -0.3 is 9.80 Å². The maximum atomic E-state index is 13.2. The Morgan fingerprint density at radius 1 is 0.897 bits per heavy atom. The second-order valence-corrected chi connectivity index (χ2v) is 7.43. The lowest BCUT2D eigenvalue weighted by atomic mass is 10.1. The van der Waals surface area contributed by atoms with Crippen LogP contribution < -0.4 is 9.80 Å². The Labute approximate surface area is 169 Å². The van der Waals surface area contributed by atoms with E-state index in [0.29, 0.717) is 0 Å². The van der Waals surface area contributed by atoms with Gasteiger partial charge in [-0.3, -0.25) is 0 Å². The number of hydrogen-bond donors (Lipinski definition) is 0. The van der Waals surface area contributed by atoms with Crippen molar-refractivity contribution in [3.8, 4) is 11.3 Å². The van der Waals surface area contributed by atoms with Gasteiger partial charge in [-0.05, 0) is 55.0 Å². The van der Waals surface area contributed by atoms with Gasteiger partial charge >= 0.3 is 0 Å². The summed E-state index contributed by atoms with van der Waals surface area (Å²) in [6, 6.07) is 17.1. The number of nitrogens with zero attached hydrogens (tertiary/aromatic N) is 5. The molecule has 2 aromatic carbocycles. The number of halogens is 1. The highest BCUT2D eigenvalue weighted by atomic mass is 19.1. The molecule has 5 rings (SSSR count). The Kier molecular flexibility index (Phi) is 4.39. The Bertz CT molecular complexity index is 1140. The fraction of sp³-hybridized carbons (Fsp3) is 0.217. The maximum Gasteiger partial charge on any atom is 0.154 e. The fourth-order valence-corrected chi connectivity index (χ4v) is 3.91. The topological polar surface area (TPSA) is 36.7 Å². The summed E-state index contributed by atoms with van der Waals surface area (Å²) in [5.74, 6) is 0.698. The van der Waals surface area contributed by atoms with E-state index in [2.05, 4.69) is 51.1 Å². The minimum Gasteiger partial charge on any atom is -0.368 e. The minimum absolute atomic E-state index is 0.244. The number of aryl methyl sites for hydroxylation is 1. The van der Waals surface area contributed by atoms with Gasteiger partial charge in [-0.1, -0.05) is 12.1 Å². The third kappa shape index (κ3) is 3.42. The highest BCUT2D eigenvalue weighted by molar-refractivity contribution is 5.75. The second-order valence-electron chi connectivity index (χ2n) is 7.43. The number of fused-ring (bicyclic) bond motifs is 1. The first-order valence-electron chi connectivity index (χ1n) is 9.84. The summed E-state index contributed by atoms with van der Waals surface area (Å²) in [6.45, 7) is 5.83. The monoisotopic (exact) mass is 387 g/mol. The van der Waals surface area contributed by atoms with Crippen molar-refractivity contribution in [3.05, 3.63) is 78.4 Å². The molecule has 0 aliphatic carbocycles. The number of anilines is 2.